The minimum Gasteiger partial charge on any atom is -0.356 e. The van der Waals surface area contributed by atoms with Gasteiger partial charge in [-0.25, -0.2) is 0 Å². The molecule has 1 unspecified atom stereocenters. The molecule has 0 heterocycles. The Bertz CT molecular complexity index is 682. The fourth-order valence-corrected chi connectivity index (χ4v) is 2.97. The second-order valence-corrected chi connectivity index (χ2v) is 5.83. The summed E-state index contributed by atoms with van der Waals surface area (Å²) < 4.78 is 0. The summed E-state index contributed by atoms with van der Waals surface area (Å²) in [4.78, 5) is 4.31. The Morgan fingerprint density at radius 1 is 1.09 bits per heavy atom. The summed E-state index contributed by atoms with van der Waals surface area (Å²) in [7, 11) is 1.82. The Balaban J connectivity index is 0.00000192. The standard InChI is InChI=1S/C19H23N3.HI/c1-14-7-3-4-9-16(14)12-21-19(20-2)22-13-17-11-15-8-5-6-10-18(15)17;/h3-10,17H,11-13H2,1-2H3,(H2,20,21,22);1H. The monoisotopic (exact) mass is 421 g/mol. The highest BCUT2D eigenvalue weighted by atomic mass is 127. The van der Waals surface area contributed by atoms with Gasteiger partial charge >= 0.3 is 0 Å². The van der Waals surface area contributed by atoms with Crippen molar-refractivity contribution in [2.24, 2.45) is 4.99 Å². The second-order valence-electron chi connectivity index (χ2n) is 5.83. The normalized spacial score (nSPS) is 15.9. The highest BCUT2D eigenvalue weighted by molar-refractivity contribution is 14.0. The number of guanidine groups is 1. The molecule has 2 N–H and O–H groups in total. The molecule has 0 saturated heterocycles. The van der Waals surface area contributed by atoms with Crippen LogP contribution in [0.1, 0.15) is 28.2 Å². The van der Waals surface area contributed by atoms with E-state index in [1.165, 1.54) is 22.3 Å². The van der Waals surface area contributed by atoms with Crippen LogP contribution in [0, 0.1) is 6.92 Å². The van der Waals surface area contributed by atoms with Gasteiger partial charge in [0.1, 0.15) is 0 Å². The highest BCUT2D eigenvalue weighted by Crippen LogP contribution is 2.33. The zero-order chi connectivity index (χ0) is 15.4. The molecule has 1 aliphatic carbocycles. The van der Waals surface area contributed by atoms with Gasteiger partial charge in [-0.1, -0.05) is 48.5 Å². The minimum atomic E-state index is 0. The number of nitrogens with zero attached hydrogens (tertiary/aromatic N) is 1. The molecule has 0 bridgehead atoms. The molecule has 0 aromatic heterocycles. The lowest BCUT2D eigenvalue weighted by Crippen LogP contribution is -2.40. The van der Waals surface area contributed by atoms with Gasteiger partial charge in [-0.05, 0) is 35.6 Å². The summed E-state index contributed by atoms with van der Waals surface area (Å²) in [6, 6.07) is 17.1. The third-order valence-electron chi connectivity index (χ3n) is 4.41. The smallest absolute Gasteiger partial charge is 0.191 e. The van der Waals surface area contributed by atoms with Gasteiger partial charge in [0.2, 0.25) is 0 Å². The van der Waals surface area contributed by atoms with Crippen LogP contribution in [0.3, 0.4) is 0 Å². The molecule has 1 aliphatic rings. The molecule has 122 valence electrons. The number of hydrogen-bond donors (Lipinski definition) is 2. The summed E-state index contributed by atoms with van der Waals surface area (Å²) >= 11 is 0. The van der Waals surface area contributed by atoms with E-state index < -0.39 is 0 Å². The Morgan fingerprint density at radius 3 is 2.57 bits per heavy atom. The largest absolute Gasteiger partial charge is 0.356 e. The summed E-state index contributed by atoms with van der Waals surface area (Å²) in [6.07, 6.45) is 1.16. The van der Waals surface area contributed by atoms with Crippen molar-refractivity contribution >= 4 is 29.9 Å². The lowest BCUT2D eigenvalue weighted by molar-refractivity contribution is 0.584. The van der Waals surface area contributed by atoms with Gasteiger partial charge in [0.05, 0.1) is 0 Å². The molecule has 23 heavy (non-hydrogen) atoms. The molecule has 0 aliphatic heterocycles. The number of halogens is 1. The summed E-state index contributed by atoms with van der Waals surface area (Å²) in [6.45, 7) is 3.87. The van der Waals surface area contributed by atoms with E-state index in [4.69, 9.17) is 0 Å². The van der Waals surface area contributed by atoms with Crippen molar-refractivity contribution in [3.05, 3.63) is 70.8 Å². The number of aryl methyl sites for hydroxylation is 1. The van der Waals surface area contributed by atoms with Gasteiger partial charge in [-0.3, -0.25) is 4.99 Å². The van der Waals surface area contributed by atoms with Crippen LogP contribution in [0.25, 0.3) is 0 Å². The number of fused-ring (bicyclic) bond motifs is 1. The minimum absolute atomic E-state index is 0. The van der Waals surface area contributed by atoms with Crippen LogP contribution in [0.2, 0.25) is 0 Å². The molecule has 3 rings (SSSR count). The van der Waals surface area contributed by atoms with E-state index in [1.807, 2.05) is 7.05 Å². The third-order valence-corrected chi connectivity index (χ3v) is 4.41. The first-order chi connectivity index (χ1) is 10.8. The zero-order valence-electron chi connectivity index (χ0n) is 13.7. The first kappa shape index (κ1) is 17.8. The second kappa shape index (κ2) is 8.34. The Hall–Kier alpha value is -1.56. The molecular weight excluding hydrogens is 397 g/mol. The molecule has 2 aromatic rings. The van der Waals surface area contributed by atoms with Gasteiger partial charge in [0.25, 0.3) is 0 Å². The van der Waals surface area contributed by atoms with Gasteiger partial charge < -0.3 is 10.6 Å². The van der Waals surface area contributed by atoms with E-state index in [0.717, 1.165) is 25.5 Å². The van der Waals surface area contributed by atoms with E-state index >= 15 is 0 Å². The van der Waals surface area contributed by atoms with Gasteiger partial charge in [0.15, 0.2) is 5.96 Å². The van der Waals surface area contributed by atoms with Crippen LogP contribution in [0.5, 0.6) is 0 Å². The van der Waals surface area contributed by atoms with Crippen molar-refractivity contribution in [1.82, 2.24) is 10.6 Å². The maximum Gasteiger partial charge on any atom is 0.191 e. The van der Waals surface area contributed by atoms with Crippen molar-refractivity contribution in [2.45, 2.75) is 25.8 Å². The van der Waals surface area contributed by atoms with E-state index in [1.54, 1.807) is 0 Å². The van der Waals surface area contributed by atoms with E-state index in [9.17, 15) is 0 Å². The predicted molar refractivity (Wildman–Crippen MR) is 108 cm³/mol. The molecule has 0 fully saturated rings. The summed E-state index contributed by atoms with van der Waals surface area (Å²) in [5.74, 6) is 1.47. The van der Waals surface area contributed by atoms with Crippen LogP contribution in [0.4, 0.5) is 0 Å². The van der Waals surface area contributed by atoms with E-state index in [-0.39, 0.29) is 24.0 Å². The fraction of sp³-hybridized carbons (Fsp3) is 0.316. The molecule has 0 spiro atoms. The van der Waals surface area contributed by atoms with Crippen molar-refractivity contribution in [2.75, 3.05) is 13.6 Å². The highest BCUT2D eigenvalue weighted by Gasteiger charge is 2.25. The Kier molecular flexibility index (Phi) is 6.45. The predicted octanol–water partition coefficient (Wildman–Crippen LogP) is 3.62. The topological polar surface area (TPSA) is 36.4 Å². The van der Waals surface area contributed by atoms with Crippen LogP contribution in [-0.4, -0.2) is 19.6 Å². The van der Waals surface area contributed by atoms with Crippen molar-refractivity contribution < 1.29 is 0 Å². The first-order valence-corrected chi connectivity index (χ1v) is 7.84. The van der Waals surface area contributed by atoms with Crippen molar-refractivity contribution in [3.63, 3.8) is 0 Å². The zero-order valence-corrected chi connectivity index (χ0v) is 16.0. The summed E-state index contributed by atoms with van der Waals surface area (Å²) in [5, 5.41) is 6.83. The molecule has 0 radical (unpaired) electrons. The molecule has 0 saturated carbocycles. The lowest BCUT2D eigenvalue weighted by atomic mass is 9.78. The van der Waals surface area contributed by atoms with E-state index in [2.05, 4.69) is 71.1 Å². The third kappa shape index (κ3) is 4.25. The van der Waals surface area contributed by atoms with E-state index in [0.29, 0.717) is 5.92 Å². The lowest BCUT2D eigenvalue weighted by Gasteiger charge is -2.30. The maximum atomic E-state index is 4.31. The number of rotatable bonds is 4. The van der Waals surface area contributed by atoms with Crippen LogP contribution in [-0.2, 0) is 13.0 Å². The number of aliphatic imine (C=N–C) groups is 1. The molecule has 1 atom stereocenters. The van der Waals surface area contributed by atoms with Crippen LogP contribution in [0.15, 0.2) is 53.5 Å². The molecule has 2 aromatic carbocycles. The van der Waals surface area contributed by atoms with Gasteiger partial charge in [-0.15, -0.1) is 24.0 Å². The first-order valence-electron chi connectivity index (χ1n) is 7.84. The Morgan fingerprint density at radius 2 is 1.83 bits per heavy atom. The average molecular weight is 421 g/mol. The van der Waals surface area contributed by atoms with Crippen LogP contribution >= 0.6 is 24.0 Å². The van der Waals surface area contributed by atoms with Gasteiger partial charge in [-0.2, -0.15) is 0 Å². The number of hydrogen-bond acceptors (Lipinski definition) is 1. The number of nitrogens with one attached hydrogen (secondary N) is 2. The Labute approximate surface area is 155 Å². The average Bonchev–Trinajstić information content (AvgIpc) is 2.52. The molecule has 3 nitrogen and oxygen atoms in total. The molecule has 0 amide bonds. The van der Waals surface area contributed by atoms with Crippen molar-refractivity contribution in [3.8, 4) is 0 Å². The summed E-state index contributed by atoms with van der Waals surface area (Å²) in [5.41, 5.74) is 5.57. The SMILES string of the molecule is CN=C(NCc1ccccc1C)NCC1Cc2ccccc21.I. The molecular formula is C19H24IN3. The molecule has 4 heteroatoms. The quantitative estimate of drug-likeness (QED) is 0.450. The number of benzene rings is 2. The maximum absolute atomic E-state index is 4.31. The van der Waals surface area contributed by atoms with Crippen LogP contribution < -0.4 is 10.6 Å². The van der Waals surface area contributed by atoms with Crippen molar-refractivity contribution in [1.29, 1.82) is 0 Å². The fourth-order valence-electron chi connectivity index (χ4n) is 2.97. The van der Waals surface area contributed by atoms with Gasteiger partial charge in [0, 0.05) is 26.1 Å².